The number of esters is 1. The summed E-state index contributed by atoms with van der Waals surface area (Å²) in [6.07, 6.45) is 11.4. The van der Waals surface area contributed by atoms with E-state index in [0.717, 1.165) is 12.8 Å². The number of hydrogen-bond acceptors (Lipinski definition) is 2. The van der Waals surface area contributed by atoms with Crippen LogP contribution >= 0.6 is 47.8 Å². The van der Waals surface area contributed by atoms with Crippen molar-refractivity contribution in [1.29, 1.82) is 0 Å². The molecule has 0 unspecified atom stereocenters. The fraction of sp³-hybridized carbons (Fsp3) is 0.923. The first-order valence-electron chi connectivity index (χ1n) is 6.72. The Bertz CT molecular complexity index is 215. The van der Waals surface area contributed by atoms with Crippen LogP contribution in [0.25, 0.3) is 0 Å². The monoisotopic (exact) mass is 448 g/mol. The van der Waals surface area contributed by atoms with Crippen LogP contribution in [0.15, 0.2) is 0 Å². The van der Waals surface area contributed by atoms with Crippen molar-refractivity contribution in [3.05, 3.63) is 0 Å². The molecule has 0 saturated carbocycles. The maximum atomic E-state index is 11.3. The molecule has 0 saturated heterocycles. The summed E-state index contributed by atoms with van der Waals surface area (Å²) in [5, 5.41) is 0. The van der Waals surface area contributed by atoms with Gasteiger partial charge < -0.3 is 4.74 Å². The van der Waals surface area contributed by atoms with Crippen molar-refractivity contribution in [3.63, 3.8) is 0 Å². The van der Waals surface area contributed by atoms with Crippen molar-refractivity contribution in [3.8, 4) is 0 Å². The van der Waals surface area contributed by atoms with Gasteiger partial charge in [-0.05, 0) is 54.2 Å². The molecule has 0 amide bonds. The third-order valence-corrected chi connectivity index (χ3v) is 3.68. The van der Waals surface area contributed by atoms with Crippen molar-refractivity contribution in [1.82, 2.24) is 0 Å². The Morgan fingerprint density at radius 1 is 0.889 bits per heavy atom. The first kappa shape index (κ1) is 18.9. The van der Waals surface area contributed by atoms with Crippen LogP contribution in [0.1, 0.15) is 64.7 Å². The maximum Gasteiger partial charge on any atom is 0.344 e. The van der Waals surface area contributed by atoms with E-state index in [4.69, 9.17) is 4.74 Å². The Kier molecular flexibility index (Phi) is 12.3. The summed E-state index contributed by atoms with van der Waals surface area (Å²) in [5.41, 5.74) is 0. The zero-order valence-electron chi connectivity index (χ0n) is 11.0. The van der Waals surface area contributed by atoms with E-state index in [2.05, 4.69) is 54.7 Å². The van der Waals surface area contributed by atoms with E-state index in [9.17, 15) is 4.79 Å². The van der Waals surface area contributed by atoms with Crippen LogP contribution in [-0.2, 0) is 9.53 Å². The Morgan fingerprint density at radius 2 is 1.33 bits per heavy atom. The molecule has 0 heterocycles. The second-order valence-electron chi connectivity index (χ2n) is 4.46. The van der Waals surface area contributed by atoms with Crippen molar-refractivity contribution in [2.75, 3.05) is 6.61 Å². The lowest BCUT2D eigenvalue weighted by Gasteiger charge is -2.11. The molecule has 0 radical (unpaired) electrons. The highest BCUT2D eigenvalue weighted by Crippen LogP contribution is 2.34. The van der Waals surface area contributed by atoms with E-state index in [1.807, 2.05) is 0 Å². The first-order valence-corrected chi connectivity index (χ1v) is 9.10. The van der Waals surface area contributed by atoms with Crippen LogP contribution in [-0.4, -0.2) is 14.7 Å². The van der Waals surface area contributed by atoms with Gasteiger partial charge in [0.2, 0.25) is 2.14 Å². The summed E-state index contributed by atoms with van der Waals surface area (Å²) in [5.74, 6) is -0.331. The summed E-state index contributed by atoms with van der Waals surface area (Å²) in [4.78, 5) is 11.3. The van der Waals surface area contributed by atoms with Gasteiger partial charge in [0.05, 0.1) is 6.61 Å². The average molecular weight is 451 g/mol. The lowest BCUT2D eigenvalue weighted by atomic mass is 10.1. The molecule has 0 aromatic heterocycles. The van der Waals surface area contributed by atoms with Gasteiger partial charge in [-0.2, -0.15) is 0 Å². The van der Waals surface area contributed by atoms with Crippen LogP contribution in [0.4, 0.5) is 0 Å². The zero-order valence-corrected chi connectivity index (χ0v) is 15.8. The second-order valence-corrected chi connectivity index (χ2v) is 11.2. The minimum Gasteiger partial charge on any atom is -0.463 e. The van der Waals surface area contributed by atoms with Crippen LogP contribution in [0.2, 0.25) is 0 Å². The van der Waals surface area contributed by atoms with Crippen LogP contribution in [0.3, 0.4) is 0 Å². The van der Waals surface area contributed by atoms with Crippen LogP contribution < -0.4 is 0 Å². The maximum absolute atomic E-state index is 11.3. The van der Waals surface area contributed by atoms with E-state index in [1.54, 1.807) is 0 Å². The van der Waals surface area contributed by atoms with Gasteiger partial charge in [0.15, 0.2) is 0 Å². The number of hydrogen-bond donors (Lipinski definition) is 0. The van der Waals surface area contributed by atoms with E-state index in [-0.39, 0.29) is 5.97 Å². The third-order valence-electron chi connectivity index (χ3n) is 2.71. The molecule has 18 heavy (non-hydrogen) atoms. The van der Waals surface area contributed by atoms with Gasteiger partial charge in [-0.3, -0.25) is 0 Å². The predicted molar refractivity (Wildman–Crippen MR) is 87.7 cm³/mol. The molecule has 5 heteroatoms. The van der Waals surface area contributed by atoms with Crippen molar-refractivity contribution in [2.45, 2.75) is 66.9 Å². The lowest BCUT2D eigenvalue weighted by molar-refractivity contribution is -0.141. The van der Waals surface area contributed by atoms with E-state index >= 15 is 0 Å². The summed E-state index contributed by atoms with van der Waals surface area (Å²) in [6.45, 7) is 2.74. The summed E-state index contributed by atoms with van der Waals surface area (Å²) < 4.78 is 4.16. The van der Waals surface area contributed by atoms with Gasteiger partial charge >= 0.3 is 5.97 Å². The molecule has 0 aliphatic carbocycles. The Balaban J connectivity index is 3.19. The van der Waals surface area contributed by atoms with Gasteiger partial charge in [0, 0.05) is 0 Å². The molecule has 0 aliphatic rings. The Labute approximate surface area is 136 Å². The van der Waals surface area contributed by atoms with Crippen molar-refractivity contribution in [2.24, 2.45) is 0 Å². The number of halogens is 3. The van der Waals surface area contributed by atoms with Gasteiger partial charge in [0.25, 0.3) is 0 Å². The standard InChI is InChI=1S/C13H23Br3O2/c1-2-3-4-5-6-7-8-9-10-11-18-12(17)13(14,15)16/h2-11H2,1H3. The quantitative estimate of drug-likeness (QED) is 0.235. The summed E-state index contributed by atoms with van der Waals surface area (Å²) in [7, 11) is 0. The molecule has 0 N–H and O–H groups in total. The molecule has 0 bridgehead atoms. The average Bonchev–Trinajstić information content (AvgIpc) is 2.30. The minimum absolute atomic E-state index is 0.331. The molecule has 0 atom stereocenters. The highest BCUT2D eigenvalue weighted by Gasteiger charge is 2.30. The number of unbranched alkanes of at least 4 members (excludes halogenated alkanes) is 8. The highest BCUT2D eigenvalue weighted by atomic mass is 80.0. The van der Waals surface area contributed by atoms with Gasteiger partial charge in [-0.1, -0.05) is 58.3 Å². The Morgan fingerprint density at radius 3 is 1.78 bits per heavy atom. The van der Waals surface area contributed by atoms with Crippen molar-refractivity contribution >= 4 is 53.8 Å². The molecular weight excluding hydrogens is 428 g/mol. The molecular formula is C13H23Br3O2. The van der Waals surface area contributed by atoms with E-state index in [0.29, 0.717) is 6.61 Å². The SMILES string of the molecule is CCCCCCCCCCCOC(=O)C(Br)(Br)Br. The second kappa shape index (κ2) is 11.7. The van der Waals surface area contributed by atoms with Crippen LogP contribution in [0, 0.1) is 0 Å². The number of ether oxygens (including phenoxy) is 1. The van der Waals surface area contributed by atoms with Gasteiger partial charge in [-0.15, -0.1) is 0 Å². The number of alkyl halides is 3. The Hall–Kier alpha value is 0.910. The number of rotatable bonds is 10. The largest absolute Gasteiger partial charge is 0.463 e. The molecule has 2 nitrogen and oxygen atoms in total. The molecule has 0 aromatic carbocycles. The first-order chi connectivity index (χ1) is 8.48. The normalized spacial score (nSPS) is 11.6. The molecule has 0 fully saturated rings. The molecule has 0 aliphatic heterocycles. The summed E-state index contributed by atoms with van der Waals surface area (Å²) >= 11 is 9.38. The summed E-state index contributed by atoms with van der Waals surface area (Å²) in [6, 6.07) is 0. The van der Waals surface area contributed by atoms with E-state index in [1.165, 1.54) is 44.9 Å². The minimum atomic E-state index is -0.924. The topological polar surface area (TPSA) is 26.3 Å². The molecule has 0 aromatic rings. The molecule has 108 valence electrons. The van der Waals surface area contributed by atoms with Crippen molar-refractivity contribution < 1.29 is 9.53 Å². The zero-order chi connectivity index (χ0) is 13.9. The highest BCUT2D eigenvalue weighted by molar-refractivity contribution is 9.40. The third kappa shape index (κ3) is 12.0. The van der Waals surface area contributed by atoms with Gasteiger partial charge in [0.1, 0.15) is 0 Å². The molecule has 0 spiro atoms. The van der Waals surface area contributed by atoms with E-state index < -0.39 is 2.14 Å². The number of carbonyl (C=O) groups excluding carboxylic acids is 1. The fourth-order valence-corrected chi connectivity index (χ4v) is 2.00. The molecule has 0 rings (SSSR count). The predicted octanol–water partition coefficient (Wildman–Crippen LogP) is 5.90. The number of carbonyl (C=O) groups is 1. The van der Waals surface area contributed by atoms with Gasteiger partial charge in [-0.25, -0.2) is 4.79 Å². The van der Waals surface area contributed by atoms with Crippen LogP contribution in [0.5, 0.6) is 0 Å². The lowest BCUT2D eigenvalue weighted by Crippen LogP contribution is -2.20. The fourth-order valence-electron chi connectivity index (χ4n) is 1.66. The smallest absolute Gasteiger partial charge is 0.344 e.